The van der Waals surface area contributed by atoms with Gasteiger partial charge in [0, 0.05) is 56.4 Å². The summed E-state index contributed by atoms with van der Waals surface area (Å²) in [6, 6.07) is 76.1. The molecule has 60 heavy (non-hydrogen) atoms. The predicted octanol–water partition coefficient (Wildman–Crippen LogP) is 15.9. The van der Waals surface area contributed by atoms with Crippen molar-refractivity contribution in [3.63, 3.8) is 0 Å². The lowest BCUT2D eigenvalue weighted by Gasteiger charge is -2.30. The van der Waals surface area contributed by atoms with E-state index in [1.54, 1.807) is 0 Å². The van der Waals surface area contributed by atoms with Crippen molar-refractivity contribution >= 4 is 34.0 Å². The molecule has 0 saturated heterocycles. The lowest BCUT2D eigenvalue weighted by molar-refractivity contribution is 0.597. The van der Waals surface area contributed by atoms with Crippen LogP contribution in [0.15, 0.2) is 245 Å². The first-order valence-electron chi connectivity index (χ1n) is 20.5. The third kappa shape index (κ3) is 7.62. The molecule has 2 heterocycles. The fraction of sp³-hybridized carbons (Fsp3) is 0.0357. The first-order chi connectivity index (χ1) is 29.7. The lowest BCUT2D eigenvalue weighted by atomic mass is 9.94. The highest BCUT2D eigenvalue weighted by Gasteiger charge is 2.20. The zero-order valence-corrected chi connectivity index (χ0v) is 33.1. The van der Waals surface area contributed by atoms with Gasteiger partial charge in [-0.05, 0) is 139 Å². The van der Waals surface area contributed by atoms with Crippen LogP contribution in [-0.2, 0) is 0 Å². The van der Waals surface area contributed by atoms with Crippen molar-refractivity contribution in [2.24, 2.45) is 0 Å². The summed E-state index contributed by atoms with van der Waals surface area (Å²) in [5.74, 6) is 3.44. The van der Waals surface area contributed by atoms with Gasteiger partial charge >= 0.3 is 0 Å². The van der Waals surface area contributed by atoms with Crippen LogP contribution in [0.3, 0.4) is 0 Å². The van der Waals surface area contributed by atoms with Crippen molar-refractivity contribution in [2.75, 3.05) is 9.80 Å². The van der Waals surface area contributed by atoms with Crippen LogP contribution >= 0.6 is 0 Å². The summed E-state index contributed by atoms with van der Waals surface area (Å²) < 4.78 is 12.5. The van der Waals surface area contributed by atoms with Gasteiger partial charge in [-0.15, -0.1) is 0 Å². The molecule has 2 aromatic heterocycles. The number of hydrogen-bond acceptors (Lipinski definition) is 4. The Morgan fingerprint density at radius 1 is 0.267 bits per heavy atom. The van der Waals surface area contributed by atoms with Crippen molar-refractivity contribution in [2.45, 2.75) is 12.8 Å². The van der Waals surface area contributed by atoms with E-state index in [0.29, 0.717) is 0 Å². The van der Waals surface area contributed by atoms with Gasteiger partial charge in [0.05, 0.1) is 0 Å². The maximum atomic E-state index is 6.27. The summed E-state index contributed by atoms with van der Waals surface area (Å²) in [5, 5.41) is 0. The smallest absolute Gasteiger partial charge is 0.134 e. The molecule has 0 N–H and O–H groups in total. The molecule has 0 spiro atoms. The van der Waals surface area contributed by atoms with Crippen LogP contribution in [0.4, 0.5) is 28.4 Å². The molecule has 288 valence electrons. The number of allylic oxidation sites excluding steroid dienone is 4. The maximum absolute atomic E-state index is 6.27. The van der Waals surface area contributed by atoms with Crippen LogP contribution in [0.25, 0.3) is 50.9 Å². The Morgan fingerprint density at radius 3 is 1.00 bits per heavy atom. The van der Waals surface area contributed by atoms with E-state index >= 15 is 0 Å². The van der Waals surface area contributed by atoms with Gasteiger partial charge < -0.3 is 18.6 Å². The van der Waals surface area contributed by atoms with Crippen molar-refractivity contribution < 1.29 is 8.83 Å². The number of hydrogen-bond donors (Lipinski definition) is 0. The zero-order valence-electron chi connectivity index (χ0n) is 33.1. The molecule has 0 radical (unpaired) electrons. The monoisotopic (exact) mass is 774 g/mol. The standard InChI is InChI=1S/C56H42N2O2/c1-5-13-43(14-6-1)53-37-39-55(59-53)45-25-33-51(34-26-45)57(47-17-9-3-10-18-47)49-29-21-41(22-30-49)42-23-31-50(32-24-42)58(48-19-11-4-12-20-48)52-35-27-46(28-36-52)56-40-38-54(60-56)44-15-7-2-8-16-44/h1-23,25-31,33-40H,24,32H2. The SMILES string of the molecule is C1=C(c2ccc(N(c3ccccc3)c3ccc(-c4ccc(-c5ccccc5)o4)cc3)cc2)CCC(N(c2ccccc2)c2ccc(-c3ccc(-c4ccccc4)o3)cc2)=C1. The molecule has 10 rings (SSSR count). The molecule has 0 atom stereocenters. The summed E-state index contributed by atoms with van der Waals surface area (Å²) >= 11 is 0. The van der Waals surface area contributed by atoms with Crippen LogP contribution in [0.5, 0.6) is 0 Å². The van der Waals surface area contributed by atoms with E-state index in [9.17, 15) is 0 Å². The number of furan rings is 2. The molecule has 4 nitrogen and oxygen atoms in total. The normalized spacial score (nSPS) is 12.4. The van der Waals surface area contributed by atoms with Gasteiger partial charge in [-0.1, -0.05) is 115 Å². The Kier molecular flexibility index (Phi) is 10.1. The van der Waals surface area contributed by atoms with Crippen LogP contribution < -0.4 is 9.80 Å². The molecule has 0 amide bonds. The van der Waals surface area contributed by atoms with Crippen LogP contribution in [-0.4, -0.2) is 0 Å². The first-order valence-corrected chi connectivity index (χ1v) is 20.5. The van der Waals surface area contributed by atoms with E-state index in [-0.39, 0.29) is 0 Å². The second-order valence-electron chi connectivity index (χ2n) is 14.9. The number of nitrogens with zero attached hydrogens (tertiary/aromatic N) is 2. The second-order valence-corrected chi connectivity index (χ2v) is 14.9. The summed E-state index contributed by atoms with van der Waals surface area (Å²) in [7, 11) is 0. The van der Waals surface area contributed by atoms with Crippen molar-refractivity contribution in [1.82, 2.24) is 0 Å². The van der Waals surface area contributed by atoms with Crippen molar-refractivity contribution in [3.05, 3.63) is 242 Å². The van der Waals surface area contributed by atoms with Crippen LogP contribution in [0.2, 0.25) is 0 Å². The third-order valence-electron chi connectivity index (χ3n) is 11.1. The van der Waals surface area contributed by atoms with Crippen LogP contribution in [0, 0.1) is 0 Å². The topological polar surface area (TPSA) is 32.8 Å². The molecule has 1 aliphatic rings. The van der Waals surface area contributed by atoms with E-state index < -0.39 is 0 Å². The van der Waals surface area contributed by atoms with Gasteiger partial charge in [-0.3, -0.25) is 0 Å². The van der Waals surface area contributed by atoms with E-state index in [2.05, 4.69) is 186 Å². The van der Waals surface area contributed by atoms with E-state index in [4.69, 9.17) is 8.83 Å². The Hall–Kier alpha value is -7.82. The second kappa shape index (κ2) is 16.6. The average molecular weight is 775 g/mol. The number of rotatable bonds is 11. The molecule has 7 aromatic carbocycles. The molecule has 9 aromatic rings. The van der Waals surface area contributed by atoms with E-state index in [0.717, 1.165) is 86.6 Å². The minimum atomic E-state index is 0.849. The van der Waals surface area contributed by atoms with Crippen molar-refractivity contribution in [1.29, 1.82) is 0 Å². The van der Waals surface area contributed by atoms with Gasteiger partial charge in [-0.2, -0.15) is 0 Å². The fourth-order valence-corrected chi connectivity index (χ4v) is 8.01. The van der Waals surface area contributed by atoms with Gasteiger partial charge in [0.25, 0.3) is 0 Å². The number of benzene rings is 7. The molecule has 4 heteroatoms. The van der Waals surface area contributed by atoms with Gasteiger partial charge in [-0.25, -0.2) is 0 Å². The Morgan fingerprint density at radius 2 is 0.600 bits per heavy atom. The highest BCUT2D eigenvalue weighted by molar-refractivity contribution is 5.81. The Balaban J connectivity index is 0.894. The van der Waals surface area contributed by atoms with Crippen molar-refractivity contribution in [3.8, 4) is 45.3 Å². The summed E-state index contributed by atoms with van der Waals surface area (Å²) in [6.45, 7) is 0. The molecule has 0 bridgehead atoms. The highest BCUT2D eigenvalue weighted by Crippen LogP contribution is 2.40. The summed E-state index contributed by atoms with van der Waals surface area (Å²) in [5.41, 5.74) is 13.6. The molecule has 1 aliphatic carbocycles. The third-order valence-corrected chi connectivity index (χ3v) is 11.1. The molecule has 0 unspecified atom stereocenters. The summed E-state index contributed by atoms with van der Waals surface area (Å²) in [4.78, 5) is 4.67. The lowest BCUT2D eigenvalue weighted by Crippen LogP contribution is -2.17. The Bertz CT molecular complexity index is 2870. The molecule has 0 fully saturated rings. The average Bonchev–Trinajstić information content (AvgIpc) is 4.04. The quantitative estimate of drug-likeness (QED) is 0.131. The number of para-hydroxylation sites is 2. The highest BCUT2D eigenvalue weighted by atomic mass is 16.3. The maximum Gasteiger partial charge on any atom is 0.134 e. The number of anilines is 5. The van der Waals surface area contributed by atoms with Gasteiger partial charge in [0.15, 0.2) is 0 Å². The van der Waals surface area contributed by atoms with E-state index in [1.807, 2.05) is 54.6 Å². The fourth-order valence-electron chi connectivity index (χ4n) is 8.01. The molecule has 0 aliphatic heterocycles. The van der Waals surface area contributed by atoms with Gasteiger partial charge in [0.1, 0.15) is 23.0 Å². The molecular weight excluding hydrogens is 733 g/mol. The first kappa shape index (κ1) is 36.5. The minimum absolute atomic E-state index is 0.849. The molecule has 0 saturated carbocycles. The Labute approximate surface area is 351 Å². The van der Waals surface area contributed by atoms with Crippen LogP contribution in [0.1, 0.15) is 18.4 Å². The summed E-state index contributed by atoms with van der Waals surface area (Å²) in [6.07, 6.45) is 6.42. The van der Waals surface area contributed by atoms with Gasteiger partial charge in [0.2, 0.25) is 0 Å². The molecular formula is C56H42N2O2. The largest absolute Gasteiger partial charge is 0.456 e. The predicted molar refractivity (Wildman–Crippen MR) is 248 cm³/mol. The van der Waals surface area contributed by atoms with E-state index in [1.165, 1.54) is 16.8 Å². The zero-order chi connectivity index (χ0) is 40.1. The minimum Gasteiger partial charge on any atom is -0.456 e.